The van der Waals surface area contributed by atoms with Crippen LogP contribution in [0.5, 0.6) is 11.5 Å². The molecule has 4 rings (SSSR count). The van der Waals surface area contributed by atoms with Crippen molar-refractivity contribution in [3.05, 3.63) is 63.1 Å². The fourth-order valence-electron chi connectivity index (χ4n) is 5.40. The van der Waals surface area contributed by atoms with Crippen LogP contribution in [0.15, 0.2) is 42.0 Å². The van der Waals surface area contributed by atoms with E-state index in [1.54, 1.807) is 77.9 Å². The van der Waals surface area contributed by atoms with Crippen LogP contribution in [-0.2, 0) is 14.3 Å². The Labute approximate surface area is 273 Å². The molecule has 2 aromatic carbocycles. The molecule has 1 fully saturated rings. The molecule has 2 aromatic rings. The van der Waals surface area contributed by atoms with Gasteiger partial charge in [-0.3, -0.25) is 4.90 Å². The maximum atomic E-state index is 13.4. The molecule has 2 aliphatic rings. The van der Waals surface area contributed by atoms with E-state index in [1.807, 2.05) is 6.92 Å². The molecular weight excluding hydrogens is 623 g/mol. The number of carboxylic acid groups (broad SMARTS) is 1. The zero-order chi connectivity index (χ0) is 33.3. The van der Waals surface area contributed by atoms with Gasteiger partial charge in [-0.05, 0) is 95.9 Å². The highest BCUT2D eigenvalue weighted by atomic mass is 35.5. The number of hydrogen-bond acceptors (Lipinski definition) is 7. The quantitative estimate of drug-likeness (QED) is 0.309. The summed E-state index contributed by atoms with van der Waals surface area (Å²) in [4.78, 5) is 42.1. The minimum Gasteiger partial charge on any atom is -0.490 e. The van der Waals surface area contributed by atoms with Gasteiger partial charge in [0.25, 0.3) is 0 Å². The summed E-state index contributed by atoms with van der Waals surface area (Å²) < 4.78 is 22.8. The van der Waals surface area contributed by atoms with E-state index in [0.717, 1.165) is 5.56 Å². The first kappa shape index (κ1) is 34.2. The number of ether oxygens (including phenoxy) is 4. The van der Waals surface area contributed by atoms with Crippen LogP contribution in [0.3, 0.4) is 0 Å². The standard InChI is InChI=1S/C33H40Cl2N2O8/c1-19-14-24(34)28(25(35)15-19)43-13-12-42-22-10-8-20(9-11-22)23-16-21-17-36(30(40)44-32(2,3)4)18-26(27(23)29(38)39)37(21)31(41)45-33(5,6)7/h8-11,14-15,21,26H,12-13,16-18H2,1-7H3,(H,38,39). The first-order valence-corrected chi connectivity index (χ1v) is 15.5. The highest BCUT2D eigenvalue weighted by Gasteiger charge is 2.49. The second kappa shape index (κ2) is 13.4. The van der Waals surface area contributed by atoms with Crippen LogP contribution in [0.1, 0.15) is 59.1 Å². The number of hydrogen-bond donors (Lipinski definition) is 1. The Hall–Kier alpha value is -3.63. The molecule has 2 unspecified atom stereocenters. The topological polar surface area (TPSA) is 115 Å². The molecule has 0 aliphatic carbocycles. The van der Waals surface area contributed by atoms with Gasteiger partial charge < -0.3 is 29.0 Å². The summed E-state index contributed by atoms with van der Waals surface area (Å²) in [6.45, 7) is 13.0. The molecule has 0 radical (unpaired) electrons. The molecule has 45 heavy (non-hydrogen) atoms. The summed E-state index contributed by atoms with van der Waals surface area (Å²) in [5, 5.41) is 11.3. The largest absolute Gasteiger partial charge is 0.490 e. The Morgan fingerprint density at radius 1 is 0.867 bits per heavy atom. The molecule has 2 bridgehead atoms. The van der Waals surface area contributed by atoms with Gasteiger partial charge in [-0.1, -0.05) is 35.3 Å². The van der Waals surface area contributed by atoms with E-state index in [-0.39, 0.29) is 38.3 Å². The highest BCUT2D eigenvalue weighted by molar-refractivity contribution is 6.37. The van der Waals surface area contributed by atoms with E-state index in [1.165, 1.54) is 9.80 Å². The maximum absolute atomic E-state index is 13.4. The number of fused-ring (bicyclic) bond motifs is 2. The number of carboxylic acids is 1. The molecule has 0 spiro atoms. The van der Waals surface area contributed by atoms with Crippen LogP contribution >= 0.6 is 23.2 Å². The van der Waals surface area contributed by atoms with Crippen molar-refractivity contribution in [2.24, 2.45) is 0 Å². The molecule has 1 saturated heterocycles. The van der Waals surface area contributed by atoms with E-state index in [9.17, 15) is 19.5 Å². The fourth-order valence-corrected chi connectivity index (χ4v) is 6.10. The zero-order valence-electron chi connectivity index (χ0n) is 26.6. The summed E-state index contributed by atoms with van der Waals surface area (Å²) in [5.41, 5.74) is 0.692. The second-order valence-corrected chi connectivity index (χ2v) is 13.9. The van der Waals surface area contributed by atoms with Gasteiger partial charge in [0.1, 0.15) is 30.2 Å². The van der Waals surface area contributed by atoms with Gasteiger partial charge >= 0.3 is 18.2 Å². The molecule has 244 valence electrons. The Balaban J connectivity index is 1.55. The van der Waals surface area contributed by atoms with Crippen LogP contribution in [0.4, 0.5) is 9.59 Å². The monoisotopic (exact) mass is 662 g/mol. The van der Waals surface area contributed by atoms with E-state index in [0.29, 0.717) is 32.7 Å². The van der Waals surface area contributed by atoms with Gasteiger partial charge in [0, 0.05) is 13.1 Å². The number of amides is 2. The Morgan fingerprint density at radius 3 is 1.98 bits per heavy atom. The van der Waals surface area contributed by atoms with Crippen molar-refractivity contribution < 1.29 is 38.4 Å². The SMILES string of the molecule is Cc1cc(Cl)c(OCCOc2ccc(C3=C(C(=O)O)C4CN(C(=O)OC(C)(C)C)CC(C3)N4C(=O)OC(C)(C)C)cc2)c(Cl)c1. The van der Waals surface area contributed by atoms with Crippen molar-refractivity contribution >= 4 is 46.9 Å². The molecule has 2 aliphatic heterocycles. The summed E-state index contributed by atoms with van der Waals surface area (Å²) in [5.74, 6) is -0.230. The Kier molecular flexibility index (Phi) is 10.2. The lowest BCUT2D eigenvalue weighted by Gasteiger charge is -2.50. The molecule has 2 amide bonds. The summed E-state index contributed by atoms with van der Waals surface area (Å²) in [6, 6.07) is 9.12. The van der Waals surface area contributed by atoms with E-state index in [2.05, 4.69) is 0 Å². The van der Waals surface area contributed by atoms with Crippen molar-refractivity contribution in [3.63, 3.8) is 0 Å². The van der Waals surface area contributed by atoms with Crippen LogP contribution < -0.4 is 9.47 Å². The van der Waals surface area contributed by atoms with Gasteiger partial charge in [0.2, 0.25) is 0 Å². The first-order valence-electron chi connectivity index (χ1n) is 14.7. The Morgan fingerprint density at radius 2 is 1.42 bits per heavy atom. The molecule has 2 heterocycles. The third-order valence-corrected chi connectivity index (χ3v) is 7.64. The van der Waals surface area contributed by atoms with Gasteiger partial charge in [-0.2, -0.15) is 0 Å². The third-order valence-electron chi connectivity index (χ3n) is 7.08. The van der Waals surface area contributed by atoms with Crippen molar-refractivity contribution in [2.75, 3.05) is 26.3 Å². The minimum atomic E-state index is -1.18. The lowest BCUT2D eigenvalue weighted by Crippen LogP contribution is -2.65. The molecule has 10 nitrogen and oxygen atoms in total. The molecule has 0 aromatic heterocycles. The van der Waals surface area contributed by atoms with Gasteiger partial charge in [-0.25, -0.2) is 14.4 Å². The van der Waals surface area contributed by atoms with Gasteiger partial charge in [-0.15, -0.1) is 0 Å². The van der Waals surface area contributed by atoms with Gasteiger partial charge in [0.05, 0.1) is 27.7 Å². The highest BCUT2D eigenvalue weighted by Crippen LogP contribution is 2.40. The number of halogens is 2. The number of carbonyl (C=O) groups excluding carboxylic acids is 2. The number of benzene rings is 2. The normalized spacial score (nSPS) is 18.4. The predicted molar refractivity (Wildman–Crippen MR) is 171 cm³/mol. The third kappa shape index (κ3) is 8.55. The lowest BCUT2D eigenvalue weighted by atomic mass is 9.82. The lowest BCUT2D eigenvalue weighted by molar-refractivity contribution is -0.134. The average molecular weight is 664 g/mol. The van der Waals surface area contributed by atoms with Crippen LogP contribution in [0.25, 0.3) is 5.57 Å². The molecule has 12 heteroatoms. The fraction of sp³-hybridized carbons (Fsp3) is 0.485. The molecule has 1 N–H and O–H groups in total. The van der Waals surface area contributed by atoms with E-state index >= 15 is 0 Å². The van der Waals surface area contributed by atoms with Crippen LogP contribution in [0.2, 0.25) is 10.0 Å². The van der Waals surface area contributed by atoms with Crippen molar-refractivity contribution in [1.82, 2.24) is 9.80 Å². The van der Waals surface area contributed by atoms with Crippen molar-refractivity contribution in [3.8, 4) is 11.5 Å². The minimum absolute atomic E-state index is 0.0271. The Bertz CT molecular complexity index is 1450. The van der Waals surface area contributed by atoms with E-state index < -0.39 is 41.4 Å². The second-order valence-electron chi connectivity index (χ2n) is 13.1. The predicted octanol–water partition coefficient (Wildman–Crippen LogP) is 7.23. The first-order chi connectivity index (χ1) is 20.9. The summed E-state index contributed by atoms with van der Waals surface area (Å²) in [6.07, 6.45) is -0.992. The van der Waals surface area contributed by atoms with Crippen molar-refractivity contribution in [1.29, 1.82) is 0 Å². The number of rotatable bonds is 7. The van der Waals surface area contributed by atoms with Gasteiger partial charge in [0.15, 0.2) is 5.75 Å². The zero-order valence-corrected chi connectivity index (χ0v) is 28.1. The number of aryl methyl sites for hydroxylation is 1. The number of nitrogens with zero attached hydrogens (tertiary/aromatic N) is 2. The maximum Gasteiger partial charge on any atom is 0.411 e. The smallest absolute Gasteiger partial charge is 0.411 e. The molecular formula is C33H40Cl2N2O8. The van der Waals surface area contributed by atoms with Crippen molar-refractivity contribution in [2.45, 2.75) is 78.2 Å². The van der Waals surface area contributed by atoms with Crippen LogP contribution in [-0.4, -0.2) is 82.7 Å². The number of aliphatic carboxylic acids is 1. The average Bonchev–Trinajstić information content (AvgIpc) is 2.89. The number of carbonyl (C=O) groups is 3. The molecule has 0 saturated carbocycles. The summed E-state index contributed by atoms with van der Waals surface area (Å²) in [7, 11) is 0. The van der Waals surface area contributed by atoms with Crippen LogP contribution in [0, 0.1) is 6.92 Å². The van der Waals surface area contributed by atoms with E-state index in [4.69, 9.17) is 42.1 Å². The molecule has 2 atom stereocenters. The summed E-state index contributed by atoms with van der Waals surface area (Å²) >= 11 is 12.5. The number of piperazine rings is 1.